The molecule has 0 fully saturated rings. The van der Waals surface area contributed by atoms with Crippen LogP contribution in [0.1, 0.15) is 21.5 Å². The van der Waals surface area contributed by atoms with Gasteiger partial charge in [-0.15, -0.1) is 12.4 Å². The summed E-state index contributed by atoms with van der Waals surface area (Å²) in [7, 11) is 1.63. The number of hydrogen-bond acceptors (Lipinski definition) is 4. The Balaban J connectivity index is 0.00000288. The fraction of sp³-hybridized carbons (Fsp3) is 0.278. The number of nitrogens with one attached hydrogen (secondary N) is 1. The number of carbonyl (C=O) groups is 1. The molecule has 6 heteroatoms. The zero-order chi connectivity index (χ0) is 16.8. The van der Waals surface area contributed by atoms with Crippen LogP contribution >= 0.6 is 12.4 Å². The van der Waals surface area contributed by atoms with E-state index in [1.807, 2.05) is 26.0 Å². The molecule has 0 unspecified atom stereocenters. The van der Waals surface area contributed by atoms with Crippen LogP contribution in [-0.4, -0.2) is 26.2 Å². The first-order valence-corrected chi connectivity index (χ1v) is 7.44. The Kier molecular flexibility index (Phi) is 7.55. The molecule has 24 heavy (non-hydrogen) atoms. The Morgan fingerprint density at radius 1 is 1.12 bits per heavy atom. The first kappa shape index (κ1) is 19.8. The number of anilines is 1. The van der Waals surface area contributed by atoms with Gasteiger partial charge in [-0.1, -0.05) is 0 Å². The van der Waals surface area contributed by atoms with Gasteiger partial charge >= 0.3 is 0 Å². The van der Waals surface area contributed by atoms with Crippen molar-refractivity contribution in [3.63, 3.8) is 0 Å². The average Bonchev–Trinajstić information content (AvgIpc) is 2.54. The second kappa shape index (κ2) is 9.15. The molecule has 3 N–H and O–H groups in total. The highest BCUT2D eigenvalue weighted by Gasteiger charge is 2.11. The summed E-state index contributed by atoms with van der Waals surface area (Å²) in [6.07, 6.45) is 0. The van der Waals surface area contributed by atoms with E-state index in [4.69, 9.17) is 15.2 Å². The van der Waals surface area contributed by atoms with Crippen LogP contribution < -0.4 is 20.5 Å². The minimum absolute atomic E-state index is 0. The standard InChI is InChI=1S/C18H22N2O3.ClH/c1-12-10-14(11-13(2)17(12)22-3)18(21)20-15-4-6-16(7-5-15)23-9-8-19;/h4-7,10-11H,8-9,19H2,1-3H3,(H,20,21);1H. The zero-order valence-electron chi connectivity index (χ0n) is 14.1. The third kappa shape index (κ3) is 4.88. The molecular formula is C18H23ClN2O3. The van der Waals surface area contributed by atoms with Crippen LogP contribution in [0.5, 0.6) is 11.5 Å². The molecule has 5 nitrogen and oxygen atoms in total. The number of rotatable bonds is 6. The number of hydrogen-bond donors (Lipinski definition) is 2. The molecule has 2 aromatic carbocycles. The first-order valence-electron chi connectivity index (χ1n) is 7.44. The smallest absolute Gasteiger partial charge is 0.255 e. The Morgan fingerprint density at radius 2 is 1.71 bits per heavy atom. The quantitative estimate of drug-likeness (QED) is 0.838. The molecule has 0 spiro atoms. The summed E-state index contributed by atoms with van der Waals surface area (Å²) in [4.78, 5) is 12.4. The molecule has 2 aromatic rings. The number of aryl methyl sites for hydroxylation is 2. The minimum Gasteiger partial charge on any atom is -0.496 e. The molecule has 0 aliphatic carbocycles. The Labute approximate surface area is 148 Å². The van der Waals surface area contributed by atoms with E-state index in [1.54, 1.807) is 31.4 Å². The molecule has 0 saturated heterocycles. The monoisotopic (exact) mass is 350 g/mol. The number of carbonyl (C=O) groups excluding carboxylic acids is 1. The van der Waals surface area contributed by atoms with E-state index in [-0.39, 0.29) is 18.3 Å². The highest BCUT2D eigenvalue weighted by molar-refractivity contribution is 6.04. The normalized spacial score (nSPS) is 9.83. The van der Waals surface area contributed by atoms with Gasteiger partial charge in [-0.05, 0) is 61.4 Å². The number of amides is 1. The van der Waals surface area contributed by atoms with Gasteiger partial charge in [0.15, 0.2) is 0 Å². The lowest BCUT2D eigenvalue weighted by Crippen LogP contribution is -2.13. The Hall–Kier alpha value is -2.24. The summed E-state index contributed by atoms with van der Waals surface area (Å²) in [5, 5.41) is 2.87. The Bertz CT molecular complexity index is 664. The molecule has 0 bridgehead atoms. The van der Waals surface area contributed by atoms with Gasteiger partial charge in [-0.3, -0.25) is 4.79 Å². The Morgan fingerprint density at radius 3 is 2.21 bits per heavy atom. The van der Waals surface area contributed by atoms with Crippen LogP contribution in [0.25, 0.3) is 0 Å². The lowest BCUT2D eigenvalue weighted by molar-refractivity contribution is 0.102. The first-order chi connectivity index (χ1) is 11.0. The van der Waals surface area contributed by atoms with Crippen LogP contribution in [-0.2, 0) is 0 Å². The average molecular weight is 351 g/mol. The molecule has 130 valence electrons. The van der Waals surface area contributed by atoms with E-state index in [0.29, 0.717) is 24.4 Å². The summed E-state index contributed by atoms with van der Waals surface area (Å²) >= 11 is 0. The molecule has 1 amide bonds. The van der Waals surface area contributed by atoms with Crippen molar-refractivity contribution in [3.8, 4) is 11.5 Å². The van der Waals surface area contributed by atoms with E-state index in [1.165, 1.54) is 0 Å². The predicted octanol–water partition coefficient (Wildman–Crippen LogP) is 3.32. The SMILES string of the molecule is COc1c(C)cc(C(=O)Nc2ccc(OCCN)cc2)cc1C.Cl. The maximum atomic E-state index is 12.4. The second-order valence-electron chi connectivity index (χ2n) is 5.26. The number of methoxy groups -OCH3 is 1. The van der Waals surface area contributed by atoms with Gasteiger partial charge in [0.1, 0.15) is 18.1 Å². The van der Waals surface area contributed by atoms with Crippen LogP contribution in [0, 0.1) is 13.8 Å². The largest absolute Gasteiger partial charge is 0.496 e. The number of ether oxygens (including phenoxy) is 2. The van der Waals surface area contributed by atoms with Gasteiger partial charge < -0.3 is 20.5 Å². The molecule has 0 aliphatic rings. The van der Waals surface area contributed by atoms with Gasteiger partial charge in [0.25, 0.3) is 5.91 Å². The minimum atomic E-state index is -0.158. The number of benzene rings is 2. The van der Waals surface area contributed by atoms with E-state index >= 15 is 0 Å². The van der Waals surface area contributed by atoms with Crippen LogP contribution in [0.4, 0.5) is 5.69 Å². The fourth-order valence-corrected chi connectivity index (χ4v) is 2.42. The van der Waals surface area contributed by atoms with Crippen molar-refractivity contribution in [2.45, 2.75) is 13.8 Å². The lowest BCUT2D eigenvalue weighted by Gasteiger charge is -2.12. The van der Waals surface area contributed by atoms with E-state index < -0.39 is 0 Å². The van der Waals surface area contributed by atoms with E-state index in [2.05, 4.69) is 5.32 Å². The van der Waals surface area contributed by atoms with Crippen LogP contribution in [0.2, 0.25) is 0 Å². The summed E-state index contributed by atoms with van der Waals surface area (Å²) in [6, 6.07) is 10.8. The summed E-state index contributed by atoms with van der Waals surface area (Å²) in [6.45, 7) is 4.78. The van der Waals surface area contributed by atoms with E-state index in [0.717, 1.165) is 22.6 Å². The van der Waals surface area contributed by atoms with Gasteiger partial charge in [0.2, 0.25) is 0 Å². The number of nitrogens with two attached hydrogens (primary N) is 1. The van der Waals surface area contributed by atoms with Gasteiger partial charge in [-0.25, -0.2) is 0 Å². The van der Waals surface area contributed by atoms with Crippen LogP contribution in [0.3, 0.4) is 0 Å². The summed E-state index contributed by atoms with van der Waals surface area (Å²) < 4.78 is 10.7. The highest BCUT2D eigenvalue weighted by atomic mass is 35.5. The lowest BCUT2D eigenvalue weighted by atomic mass is 10.0. The van der Waals surface area contributed by atoms with Crippen molar-refractivity contribution in [1.29, 1.82) is 0 Å². The third-order valence-electron chi connectivity index (χ3n) is 3.43. The zero-order valence-corrected chi connectivity index (χ0v) is 14.9. The molecule has 0 atom stereocenters. The molecule has 0 heterocycles. The molecule has 0 aromatic heterocycles. The topological polar surface area (TPSA) is 73.6 Å². The molecule has 0 saturated carbocycles. The highest BCUT2D eigenvalue weighted by Crippen LogP contribution is 2.25. The van der Waals surface area contributed by atoms with Crippen molar-refractivity contribution in [3.05, 3.63) is 53.1 Å². The van der Waals surface area contributed by atoms with Crippen molar-refractivity contribution in [1.82, 2.24) is 0 Å². The van der Waals surface area contributed by atoms with Gasteiger partial charge in [-0.2, -0.15) is 0 Å². The predicted molar refractivity (Wildman–Crippen MR) is 98.7 cm³/mol. The molecule has 2 rings (SSSR count). The molecule has 0 radical (unpaired) electrons. The van der Waals surface area contributed by atoms with Crippen molar-refractivity contribution in [2.75, 3.05) is 25.6 Å². The van der Waals surface area contributed by atoms with Crippen molar-refractivity contribution >= 4 is 24.0 Å². The van der Waals surface area contributed by atoms with Crippen molar-refractivity contribution in [2.24, 2.45) is 5.73 Å². The van der Waals surface area contributed by atoms with Crippen LogP contribution in [0.15, 0.2) is 36.4 Å². The van der Waals surface area contributed by atoms with E-state index in [9.17, 15) is 4.79 Å². The molecule has 0 aliphatic heterocycles. The van der Waals surface area contributed by atoms with Gasteiger partial charge in [0.05, 0.1) is 7.11 Å². The second-order valence-corrected chi connectivity index (χ2v) is 5.26. The van der Waals surface area contributed by atoms with Gasteiger partial charge in [0, 0.05) is 17.8 Å². The molecular weight excluding hydrogens is 328 g/mol. The maximum absolute atomic E-state index is 12.4. The maximum Gasteiger partial charge on any atom is 0.255 e. The third-order valence-corrected chi connectivity index (χ3v) is 3.43. The summed E-state index contributed by atoms with van der Waals surface area (Å²) in [5.41, 5.74) is 8.57. The summed E-state index contributed by atoms with van der Waals surface area (Å²) in [5.74, 6) is 1.38. The fourth-order valence-electron chi connectivity index (χ4n) is 2.42. The van der Waals surface area contributed by atoms with Crippen molar-refractivity contribution < 1.29 is 14.3 Å². The number of halogens is 1.